The first-order valence-corrected chi connectivity index (χ1v) is 9.18. The lowest BCUT2D eigenvalue weighted by Gasteiger charge is -2.12. The van der Waals surface area contributed by atoms with Crippen LogP contribution in [0.15, 0.2) is 46.7 Å². The molecular formula is C15H20N2O2S2. The Balaban J connectivity index is 2.05. The van der Waals surface area contributed by atoms with Crippen LogP contribution in [0.4, 0.5) is 0 Å². The van der Waals surface area contributed by atoms with Gasteiger partial charge in [-0.15, -0.1) is 11.3 Å². The highest BCUT2D eigenvalue weighted by Gasteiger charge is 2.15. The standard InChI is InChI=1S/C15H20N2O2S2/c1-12(16-2)13-5-3-7-15(11-13)21(18,19)17-9-8-14-6-4-10-20-14/h3-7,10-12,16-17H,8-9H2,1-2H3. The third kappa shape index (κ3) is 4.38. The van der Waals surface area contributed by atoms with Gasteiger partial charge in [0.05, 0.1) is 4.90 Å². The van der Waals surface area contributed by atoms with Crippen LogP contribution >= 0.6 is 11.3 Å². The molecule has 1 heterocycles. The Morgan fingerprint density at radius 1 is 1.24 bits per heavy atom. The Labute approximate surface area is 130 Å². The average Bonchev–Trinajstić information content (AvgIpc) is 2.99. The predicted molar refractivity (Wildman–Crippen MR) is 87.1 cm³/mol. The fraction of sp³-hybridized carbons (Fsp3) is 0.333. The van der Waals surface area contributed by atoms with Gasteiger partial charge < -0.3 is 5.32 Å². The van der Waals surface area contributed by atoms with Gasteiger partial charge in [0.2, 0.25) is 10.0 Å². The van der Waals surface area contributed by atoms with Crippen LogP contribution in [-0.2, 0) is 16.4 Å². The summed E-state index contributed by atoms with van der Waals surface area (Å²) in [6, 6.07) is 11.1. The van der Waals surface area contributed by atoms with E-state index >= 15 is 0 Å². The quantitative estimate of drug-likeness (QED) is 0.823. The summed E-state index contributed by atoms with van der Waals surface area (Å²) in [6.45, 7) is 2.41. The monoisotopic (exact) mass is 324 g/mol. The molecular weight excluding hydrogens is 304 g/mol. The maximum atomic E-state index is 12.3. The first-order chi connectivity index (χ1) is 10.0. The van der Waals surface area contributed by atoms with Gasteiger partial charge in [-0.25, -0.2) is 13.1 Å². The summed E-state index contributed by atoms with van der Waals surface area (Å²) >= 11 is 1.64. The van der Waals surface area contributed by atoms with Gasteiger partial charge in [-0.05, 0) is 49.5 Å². The van der Waals surface area contributed by atoms with Crippen LogP contribution in [0.1, 0.15) is 23.4 Å². The summed E-state index contributed by atoms with van der Waals surface area (Å²) in [5.41, 5.74) is 0.957. The Bertz CT molecular complexity index is 667. The second-order valence-electron chi connectivity index (χ2n) is 4.81. The molecule has 0 aliphatic rings. The summed E-state index contributed by atoms with van der Waals surface area (Å²) in [5.74, 6) is 0. The van der Waals surface area contributed by atoms with E-state index in [1.54, 1.807) is 29.5 Å². The third-order valence-electron chi connectivity index (χ3n) is 3.34. The Morgan fingerprint density at radius 2 is 2.05 bits per heavy atom. The van der Waals surface area contributed by atoms with E-state index in [0.717, 1.165) is 5.56 Å². The van der Waals surface area contributed by atoms with Crippen molar-refractivity contribution in [2.45, 2.75) is 24.3 Å². The number of sulfonamides is 1. The van der Waals surface area contributed by atoms with Gasteiger partial charge in [0.15, 0.2) is 0 Å². The molecule has 0 saturated heterocycles. The molecule has 2 aromatic rings. The molecule has 114 valence electrons. The van der Waals surface area contributed by atoms with Crippen LogP contribution < -0.4 is 10.0 Å². The zero-order chi connectivity index (χ0) is 15.3. The molecule has 0 aliphatic carbocycles. The first kappa shape index (κ1) is 16.2. The van der Waals surface area contributed by atoms with E-state index in [2.05, 4.69) is 10.0 Å². The molecule has 1 aromatic carbocycles. The topological polar surface area (TPSA) is 58.2 Å². The predicted octanol–water partition coefficient (Wildman–Crippen LogP) is 2.55. The molecule has 2 rings (SSSR count). The van der Waals surface area contributed by atoms with Crippen molar-refractivity contribution in [2.24, 2.45) is 0 Å². The molecule has 21 heavy (non-hydrogen) atoms. The summed E-state index contributed by atoms with van der Waals surface area (Å²) in [4.78, 5) is 1.49. The van der Waals surface area contributed by atoms with Gasteiger partial charge in [-0.3, -0.25) is 0 Å². The lowest BCUT2D eigenvalue weighted by atomic mass is 10.1. The van der Waals surface area contributed by atoms with Crippen LogP contribution in [0.5, 0.6) is 0 Å². The summed E-state index contributed by atoms with van der Waals surface area (Å²) in [7, 11) is -1.60. The fourth-order valence-corrected chi connectivity index (χ4v) is 3.76. The van der Waals surface area contributed by atoms with E-state index in [1.165, 1.54) is 4.88 Å². The Hall–Kier alpha value is -1.21. The van der Waals surface area contributed by atoms with Gasteiger partial charge in [0, 0.05) is 17.5 Å². The summed E-state index contributed by atoms with van der Waals surface area (Å²) < 4.78 is 27.2. The van der Waals surface area contributed by atoms with Crippen molar-refractivity contribution in [1.29, 1.82) is 0 Å². The molecule has 0 saturated carbocycles. The van der Waals surface area contributed by atoms with Gasteiger partial charge in [0.25, 0.3) is 0 Å². The van der Waals surface area contributed by atoms with Crippen LogP contribution in [0, 0.1) is 0 Å². The van der Waals surface area contributed by atoms with E-state index < -0.39 is 10.0 Å². The second kappa shape index (κ2) is 7.17. The molecule has 0 spiro atoms. The highest BCUT2D eigenvalue weighted by Crippen LogP contribution is 2.17. The normalized spacial score (nSPS) is 13.2. The molecule has 1 atom stereocenters. The molecule has 0 aliphatic heterocycles. The van der Waals surface area contributed by atoms with E-state index in [1.807, 2.05) is 37.6 Å². The minimum Gasteiger partial charge on any atom is -0.313 e. The molecule has 0 radical (unpaired) electrons. The minimum atomic E-state index is -3.45. The van der Waals surface area contributed by atoms with Crippen molar-refractivity contribution in [3.05, 3.63) is 52.2 Å². The summed E-state index contributed by atoms with van der Waals surface area (Å²) in [5, 5.41) is 5.10. The molecule has 1 aromatic heterocycles. The zero-order valence-corrected chi connectivity index (χ0v) is 13.8. The average molecular weight is 324 g/mol. The minimum absolute atomic E-state index is 0.117. The van der Waals surface area contributed by atoms with Gasteiger partial charge in [0.1, 0.15) is 0 Å². The lowest BCUT2D eigenvalue weighted by molar-refractivity contribution is 0.581. The van der Waals surface area contributed by atoms with Gasteiger partial charge >= 0.3 is 0 Å². The van der Waals surface area contributed by atoms with Crippen molar-refractivity contribution in [2.75, 3.05) is 13.6 Å². The first-order valence-electron chi connectivity index (χ1n) is 6.82. The SMILES string of the molecule is CNC(C)c1cccc(S(=O)(=O)NCCc2cccs2)c1. The smallest absolute Gasteiger partial charge is 0.240 e. The maximum Gasteiger partial charge on any atom is 0.240 e. The fourth-order valence-electron chi connectivity index (χ4n) is 1.96. The lowest BCUT2D eigenvalue weighted by Crippen LogP contribution is -2.26. The van der Waals surface area contributed by atoms with Crippen LogP contribution in [0.25, 0.3) is 0 Å². The highest BCUT2D eigenvalue weighted by atomic mass is 32.2. The van der Waals surface area contributed by atoms with Crippen LogP contribution in [0.2, 0.25) is 0 Å². The van der Waals surface area contributed by atoms with Crippen molar-refractivity contribution < 1.29 is 8.42 Å². The van der Waals surface area contributed by atoms with Crippen LogP contribution in [0.3, 0.4) is 0 Å². The van der Waals surface area contributed by atoms with Gasteiger partial charge in [-0.1, -0.05) is 18.2 Å². The number of thiophene rings is 1. The number of rotatable bonds is 7. The zero-order valence-electron chi connectivity index (χ0n) is 12.2. The number of nitrogens with one attached hydrogen (secondary N) is 2. The van der Waals surface area contributed by atoms with Crippen molar-refractivity contribution >= 4 is 21.4 Å². The summed E-state index contributed by atoms with van der Waals surface area (Å²) in [6.07, 6.45) is 0.712. The van der Waals surface area contributed by atoms with Crippen LogP contribution in [-0.4, -0.2) is 22.0 Å². The molecule has 2 N–H and O–H groups in total. The molecule has 0 fully saturated rings. The molecule has 4 nitrogen and oxygen atoms in total. The second-order valence-corrected chi connectivity index (χ2v) is 7.61. The van der Waals surface area contributed by atoms with E-state index in [9.17, 15) is 8.42 Å². The van der Waals surface area contributed by atoms with E-state index in [4.69, 9.17) is 0 Å². The molecule has 0 amide bonds. The molecule has 6 heteroatoms. The molecule has 0 bridgehead atoms. The highest BCUT2D eigenvalue weighted by molar-refractivity contribution is 7.89. The Morgan fingerprint density at radius 3 is 2.71 bits per heavy atom. The van der Waals surface area contributed by atoms with Gasteiger partial charge in [-0.2, -0.15) is 0 Å². The number of benzene rings is 1. The van der Waals surface area contributed by atoms with E-state index in [-0.39, 0.29) is 6.04 Å². The number of hydrogen-bond donors (Lipinski definition) is 2. The van der Waals surface area contributed by atoms with Crippen molar-refractivity contribution in [3.63, 3.8) is 0 Å². The van der Waals surface area contributed by atoms with Crippen molar-refractivity contribution in [3.8, 4) is 0 Å². The number of hydrogen-bond acceptors (Lipinski definition) is 4. The molecule has 1 unspecified atom stereocenters. The maximum absolute atomic E-state index is 12.3. The third-order valence-corrected chi connectivity index (χ3v) is 5.74. The largest absolute Gasteiger partial charge is 0.313 e. The Kier molecular flexibility index (Phi) is 5.52. The van der Waals surface area contributed by atoms with Crippen molar-refractivity contribution in [1.82, 2.24) is 10.0 Å². The van der Waals surface area contributed by atoms with E-state index in [0.29, 0.717) is 17.9 Å².